The number of aromatic nitrogens is 4. The molecule has 2 aromatic heterocycles. The number of nitrogens with zero attached hydrogens (tertiary/aromatic N) is 4. The molecule has 0 atom stereocenters. The van der Waals surface area contributed by atoms with Crippen LogP contribution in [0.2, 0.25) is 0 Å². The van der Waals surface area contributed by atoms with Gasteiger partial charge in [0, 0.05) is 31.5 Å². The molecule has 0 saturated heterocycles. The maximum atomic E-state index is 14.6. The summed E-state index contributed by atoms with van der Waals surface area (Å²) in [6.07, 6.45) is 2.04. The molecule has 0 aliphatic heterocycles. The van der Waals surface area contributed by atoms with Crippen LogP contribution in [0.5, 0.6) is 0 Å². The lowest BCUT2D eigenvalue weighted by Crippen LogP contribution is -2.43. The number of para-hydroxylation sites is 1. The van der Waals surface area contributed by atoms with E-state index < -0.39 is 23.0 Å². The fraction of sp³-hybridized carbons (Fsp3) is 0.417. The molecule has 0 saturated carbocycles. The van der Waals surface area contributed by atoms with Crippen LogP contribution >= 0.6 is 0 Å². The summed E-state index contributed by atoms with van der Waals surface area (Å²) >= 11 is 0. The number of fused-ring (bicyclic) bond motifs is 1. The highest BCUT2D eigenvalue weighted by Gasteiger charge is 2.33. The summed E-state index contributed by atoms with van der Waals surface area (Å²) in [6, 6.07) is 6.22. The van der Waals surface area contributed by atoms with Crippen molar-refractivity contribution in [3.05, 3.63) is 67.9 Å². The van der Waals surface area contributed by atoms with Gasteiger partial charge >= 0.3 is 5.69 Å². The highest BCUT2D eigenvalue weighted by Crippen LogP contribution is 2.30. The summed E-state index contributed by atoms with van der Waals surface area (Å²) < 4.78 is 22.5. The molecule has 1 amide bonds. The molecular formula is C24H29FN6O4. The number of ether oxygens (including phenoxy) is 1. The Morgan fingerprint density at radius 3 is 2.71 bits per heavy atom. The molecule has 3 aromatic rings. The second-order valence-electron chi connectivity index (χ2n) is 8.94. The second-order valence-corrected chi connectivity index (χ2v) is 8.94. The summed E-state index contributed by atoms with van der Waals surface area (Å²) in [4.78, 5) is 42.6. The van der Waals surface area contributed by atoms with E-state index in [0.717, 1.165) is 12.1 Å². The number of hydrogen-bond donors (Lipinski definition) is 2. The quantitative estimate of drug-likeness (QED) is 0.502. The molecule has 0 radical (unpaired) electrons. The minimum Gasteiger partial charge on any atom is -0.383 e. The van der Waals surface area contributed by atoms with E-state index in [4.69, 9.17) is 10.5 Å². The monoisotopic (exact) mass is 484 g/mol. The van der Waals surface area contributed by atoms with Crippen LogP contribution in [0.25, 0.3) is 5.69 Å². The Morgan fingerprint density at radius 1 is 1.29 bits per heavy atom. The minimum atomic E-state index is -0.776. The molecule has 0 fully saturated rings. The van der Waals surface area contributed by atoms with Gasteiger partial charge in [-0.2, -0.15) is 5.10 Å². The number of benzene rings is 1. The third-order valence-corrected chi connectivity index (χ3v) is 6.01. The average molecular weight is 485 g/mol. The Bertz CT molecular complexity index is 1370. The smallest absolute Gasteiger partial charge is 0.330 e. The largest absolute Gasteiger partial charge is 0.383 e. The van der Waals surface area contributed by atoms with E-state index in [0.29, 0.717) is 18.4 Å². The highest BCUT2D eigenvalue weighted by molar-refractivity contribution is 6.07. The predicted molar refractivity (Wildman–Crippen MR) is 130 cm³/mol. The van der Waals surface area contributed by atoms with Gasteiger partial charge in [0.15, 0.2) is 11.4 Å². The molecule has 10 nitrogen and oxygen atoms in total. The summed E-state index contributed by atoms with van der Waals surface area (Å²) in [5, 5.41) is 4.49. The van der Waals surface area contributed by atoms with Crippen molar-refractivity contribution in [1.82, 2.24) is 19.3 Å². The fourth-order valence-electron chi connectivity index (χ4n) is 4.44. The Morgan fingerprint density at radius 2 is 2.03 bits per heavy atom. The van der Waals surface area contributed by atoms with Crippen molar-refractivity contribution in [3.8, 4) is 5.69 Å². The molecule has 11 heteroatoms. The number of nitrogen functional groups attached to an aromatic ring is 1. The first-order valence-corrected chi connectivity index (χ1v) is 11.5. The normalized spacial score (nSPS) is 12.8. The summed E-state index contributed by atoms with van der Waals surface area (Å²) in [5.41, 5.74) is 6.57. The van der Waals surface area contributed by atoms with Crippen LogP contribution in [-0.2, 0) is 24.1 Å². The molecule has 0 spiro atoms. The molecular weight excluding hydrogens is 455 g/mol. The van der Waals surface area contributed by atoms with Crippen LogP contribution in [0.4, 0.5) is 15.9 Å². The Hall–Kier alpha value is -3.73. The second kappa shape index (κ2) is 9.87. The average Bonchev–Trinajstić information content (AvgIpc) is 3.42. The van der Waals surface area contributed by atoms with Gasteiger partial charge < -0.3 is 10.5 Å². The van der Waals surface area contributed by atoms with E-state index >= 15 is 0 Å². The lowest BCUT2D eigenvalue weighted by Gasteiger charge is -2.24. The van der Waals surface area contributed by atoms with E-state index in [9.17, 15) is 18.8 Å². The van der Waals surface area contributed by atoms with Crippen LogP contribution in [0.1, 0.15) is 42.0 Å². The molecule has 1 aliphatic rings. The Balaban J connectivity index is 1.86. The number of anilines is 2. The minimum absolute atomic E-state index is 0.00380. The van der Waals surface area contributed by atoms with Crippen molar-refractivity contribution in [2.45, 2.75) is 39.7 Å². The molecule has 186 valence electrons. The zero-order valence-electron chi connectivity index (χ0n) is 20.0. The SMILES string of the molecule is COCCN(C(=O)c1nn(-c2ccccc2F)c2c1CCC2)c1c(N)n(CC(C)C)c(=O)[nH]c1=O. The molecule has 0 bridgehead atoms. The zero-order valence-corrected chi connectivity index (χ0v) is 20.0. The van der Waals surface area contributed by atoms with E-state index in [1.807, 2.05) is 13.8 Å². The van der Waals surface area contributed by atoms with Gasteiger partial charge in [-0.15, -0.1) is 0 Å². The summed E-state index contributed by atoms with van der Waals surface area (Å²) in [5.74, 6) is -1.07. The number of aromatic amines is 1. The van der Waals surface area contributed by atoms with Gasteiger partial charge in [-0.25, -0.2) is 13.9 Å². The molecule has 2 heterocycles. The van der Waals surface area contributed by atoms with Gasteiger partial charge in [-0.05, 0) is 37.3 Å². The maximum Gasteiger partial charge on any atom is 0.330 e. The lowest BCUT2D eigenvalue weighted by molar-refractivity contribution is 0.0969. The molecule has 0 unspecified atom stereocenters. The number of H-pyrrole nitrogens is 1. The highest BCUT2D eigenvalue weighted by atomic mass is 19.1. The van der Waals surface area contributed by atoms with E-state index in [-0.39, 0.29) is 48.5 Å². The van der Waals surface area contributed by atoms with Crippen LogP contribution in [0, 0.1) is 11.7 Å². The fourth-order valence-corrected chi connectivity index (χ4v) is 4.44. The van der Waals surface area contributed by atoms with Gasteiger partial charge in [0.25, 0.3) is 11.5 Å². The van der Waals surface area contributed by atoms with Gasteiger partial charge in [-0.3, -0.25) is 24.0 Å². The third-order valence-electron chi connectivity index (χ3n) is 6.01. The topological polar surface area (TPSA) is 128 Å². The zero-order chi connectivity index (χ0) is 25.3. The molecule has 1 aromatic carbocycles. The van der Waals surface area contributed by atoms with Crippen molar-refractivity contribution in [2.24, 2.45) is 5.92 Å². The van der Waals surface area contributed by atoms with E-state index in [2.05, 4.69) is 10.1 Å². The van der Waals surface area contributed by atoms with Crippen molar-refractivity contribution >= 4 is 17.4 Å². The summed E-state index contributed by atoms with van der Waals surface area (Å²) in [6.45, 7) is 4.19. The number of methoxy groups -OCH3 is 1. The number of hydrogen-bond acceptors (Lipinski definition) is 6. The number of carbonyl (C=O) groups excluding carboxylic acids is 1. The number of nitrogens with two attached hydrogens (primary N) is 1. The first-order chi connectivity index (χ1) is 16.7. The van der Waals surface area contributed by atoms with Crippen LogP contribution in [-0.4, -0.2) is 45.5 Å². The number of halogens is 1. The number of carbonyl (C=O) groups is 1. The Kier molecular flexibility index (Phi) is 6.88. The van der Waals surface area contributed by atoms with Gasteiger partial charge in [-0.1, -0.05) is 26.0 Å². The van der Waals surface area contributed by atoms with Gasteiger partial charge in [0.05, 0.1) is 6.61 Å². The number of amides is 1. The summed E-state index contributed by atoms with van der Waals surface area (Å²) in [7, 11) is 1.47. The standard InChI is InChI=1S/C24H29FN6O4/c1-14(2)13-30-21(26)20(22(32)27-24(30)34)29(11-12-35-3)23(33)19-15-7-6-10-17(15)31(28-19)18-9-5-4-8-16(18)25/h4-5,8-9,14H,6-7,10-13,26H2,1-3H3,(H,27,32,34). The number of nitrogens with one attached hydrogen (secondary N) is 1. The van der Waals surface area contributed by atoms with E-state index in [1.54, 1.807) is 18.2 Å². The van der Waals surface area contributed by atoms with Crippen molar-refractivity contribution in [1.29, 1.82) is 0 Å². The van der Waals surface area contributed by atoms with Crippen molar-refractivity contribution in [3.63, 3.8) is 0 Å². The van der Waals surface area contributed by atoms with Crippen LogP contribution < -0.4 is 21.9 Å². The first kappa shape index (κ1) is 24.4. The van der Waals surface area contributed by atoms with Crippen molar-refractivity contribution in [2.75, 3.05) is 30.9 Å². The van der Waals surface area contributed by atoms with Gasteiger partial charge in [0.1, 0.15) is 17.3 Å². The molecule has 1 aliphatic carbocycles. The molecule has 4 rings (SSSR count). The molecule has 35 heavy (non-hydrogen) atoms. The van der Waals surface area contributed by atoms with E-state index in [1.165, 1.54) is 27.3 Å². The predicted octanol–water partition coefficient (Wildman–Crippen LogP) is 1.88. The third kappa shape index (κ3) is 4.51. The molecule has 3 N–H and O–H groups in total. The Labute approximate surface area is 201 Å². The lowest BCUT2D eigenvalue weighted by atomic mass is 10.1. The van der Waals surface area contributed by atoms with Crippen molar-refractivity contribution < 1.29 is 13.9 Å². The van der Waals surface area contributed by atoms with Crippen LogP contribution in [0.15, 0.2) is 33.9 Å². The number of rotatable bonds is 8. The van der Waals surface area contributed by atoms with Gasteiger partial charge in [0.2, 0.25) is 0 Å². The maximum absolute atomic E-state index is 14.6. The van der Waals surface area contributed by atoms with Crippen LogP contribution in [0.3, 0.4) is 0 Å². The first-order valence-electron chi connectivity index (χ1n) is 11.5.